The number of rotatable bonds is 4. The van der Waals surface area contributed by atoms with Crippen LogP contribution in [-0.2, 0) is 10.8 Å². The van der Waals surface area contributed by atoms with Gasteiger partial charge in [0.15, 0.2) is 5.58 Å². The molecule has 2 atom stereocenters. The normalized spacial score (nSPS) is 14.7. The van der Waals surface area contributed by atoms with Gasteiger partial charge in [0.25, 0.3) is 6.01 Å². The van der Waals surface area contributed by atoms with E-state index in [0.29, 0.717) is 29.3 Å². The third kappa shape index (κ3) is 2.58. The van der Waals surface area contributed by atoms with Crippen molar-refractivity contribution in [2.45, 2.75) is 12.2 Å². The number of anilines is 2. The van der Waals surface area contributed by atoms with Gasteiger partial charge in [-0.3, -0.25) is 4.21 Å². The van der Waals surface area contributed by atoms with Crippen molar-refractivity contribution in [3.63, 3.8) is 0 Å². The fraction of sp³-hybridized carbons (Fsp3) is 0.364. The van der Waals surface area contributed by atoms with Crippen LogP contribution in [-0.4, -0.2) is 27.2 Å². The van der Waals surface area contributed by atoms with Crippen LogP contribution in [0.3, 0.4) is 0 Å². The van der Waals surface area contributed by atoms with Gasteiger partial charge in [0.2, 0.25) is 0 Å². The summed E-state index contributed by atoms with van der Waals surface area (Å²) in [4.78, 5) is 4.24. The van der Waals surface area contributed by atoms with Gasteiger partial charge in [-0.25, -0.2) is 0 Å². The van der Waals surface area contributed by atoms with Crippen molar-refractivity contribution in [3.8, 4) is 0 Å². The maximum atomic E-state index is 11.2. The minimum atomic E-state index is -0.863. The Morgan fingerprint density at radius 3 is 3.00 bits per heavy atom. The number of nitrogens with zero attached hydrogens (tertiary/aromatic N) is 1. The van der Waals surface area contributed by atoms with Crippen molar-refractivity contribution in [1.29, 1.82) is 0 Å². The molecule has 17 heavy (non-hydrogen) atoms. The van der Waals surface area contributed by atoms with Gasteiger partial charge >= 0.3 is 0 Å². The Kier molecular flexibility index (Phi) is 3.33. The lowest BCUT2D eigenvalue weighted by Crippen LogP contribution is -2.20. The average molecular weight is 253 g/mol. The zero-order valence-corrected chi connectivity index (χ0v) is 10.6. The van der Waals surface area contributed by atoms with Crippen LogP contribution in [0, 0.1) is 0 Å². The van der Waals surface area contributed by atoms with Gasteiger partial charge in [0.1, 0.15) is 5.52 Å². The number of oxazole rings is 1. The second-order valence-corrected chi connectivity index (χ2v) is 5.71. The highest BCUT2D eigenvalue weighted by molar-refractivity contribution is 7.84. The highest BCUT2D eigenvalue weighted by Crippen LogP contribution is 2.23. The molecule has 0 radical (unpaired) electrons. The molecule has 0 aliphatic carbocycles. The summed E-state index contributed by atoms with van der Waals surface area (Å²) in [6.45, 7) is 2.45. The minimum absolute atomic E-state index is 0.0439. The second kappa shape index (κ2) is 4.75. The molecule has 2 unspecified atom stereocenters. The third-order valence-electron chi connectivity index (χ3n) is 2.56. The van der Waals surface area contributed by atoms with Crippen LogP contribution in [0.4, 0.5) is 11.7 Å². The number of benzene rings is 1. The summed E-state index contributed by atoms with van der Waals surface area (Å²) < 4.78 is 16.7. The van der Waals surface area contributed by atoms with Gasteiger partial charge in [0, 0.05) is 28.9 Å². The second-order valence-electron chi connectivity index (χ2n) is 3.90. The molecule has 2 aromatic rings. The standard InChI is InChI=1S/C11H15N3O2S/c1-7(17(2)15)6-13-11-14-10-8(12)4-3-5-9(10)16-11/h3-5,7H,6,12H2,1-2H3,(H,13,14). The Morgan fingerprint density at radius 2 is 2.35 bits per heavy atom. The number of para-hydroxylation sites is 1. The molecule has 5 nitrogen and oxygen atoms in total. The van der Waals surface area contributed by atoms with Crippen molar-refractivity contribution in [2.75, 3.05) is 23.9 Å². The lowest BCUT2D eigenvalue weighted by atomic mass is 10.3. The summed E-state index contributed by atoms with van der Waals surface area (Å²) in [5.41, 5.74) is 7.67. The summed E-state index contributed by atoms with van der Waals surface area (Å²) >= 11 is 0. The SMILES string of the molecule is CC(CNc1nc2c(N)cccc2o1)S(C)=O. The summed E-state index contributed by atoms with van der Waals surface area (Å²) in [6.07, 6.45) is 1.68. The number of fused-ring (bicyclic) bond motifs is 1. The van der Waals surface area contributed by atoms with Crippen LogP contribution < -0.4 is 11.1 Å². The molecule has 2 rings (SSSR count). The number of aromatic nitrogens is 1. The minimum Gasteiger partial charge on any atom is -0.423 e. The quantitative estimate of drug-likeness (QED) is 0.809. The van der Waals surface area contributed by atoms with Gasteiger partial charge in [-0.15, -0.1) is 0 Å². The van der Waals surface area contributed by atoms with Gasteiger partial charge < -0.3 is 15.5 Å². The van der Waals surface area contributed by atoms with Gasteiger partial charge in [-0.2, -0.15) is 4.98 Å². The molecule has 1 aromatic carbocycles. The predicted octanol–water partition coefficient (Wildman–Crippen LogP) is 1.59. The lowest BCUT2D eigenvalue weighted by Gasteiger charge is -2.07. The van der Waals surface area contributed by atoms with Gasteiger partial charge in [-0.1, -0.05) is 6.07 Å². The summed E-state index contributed by atoms with van der Waals surface area (Å²) in [5.74, 6) is 0. The fourth-order valence-electron chi connectivity index (χ4n) is 1.39. The first-order valence-electron chi connectivity index (χ1n) is 5.29. The number of hydrogen-bond donors (Lipinski definition) is 2. The topological polar surface area (TPSA) is 81.2 Å². The largest absolute Gasteiger partial charge is 0.423 e. The molecule has 0 saturated carbocycles. The van der Waals surface area contributed by atoms with E-state index >= 15 is 0 Å². The average Bonchev–Trinajstić information content (AvgIpc) is 2.70. The van der Waals surface area contributed by atoms with Crippen molar-refractivity contribution in [3.05, 3.63) is 18.2 Å². The number of nitrogens with one attached hydrogen (secondary N) is 1. The molecule has 0 fully saturated rings. The maximum Gasteiger partial charge on any atom is 0.295 e. The molecule has 0 amide bonds. The Hall–Kier alpha value is -1.56. The van der Waals surface area contributed by atoms with Crippen LogP contribution in [0.15, 0.2) is 22.6 Å². The summed E-state index contributed by atoms with van der Waals surface area (Å²) in [7, 11) is -0.863. The first-order chi connectivity index (χ1) is 8.08. The zero-order chi connectivity index (χ0) is 12.4. The molecule has 0 bridgehead atoms. The van der Waals surface area contributed by atoms with Gasteiger partial charge in [-0.05, 0) is 19.1 Å². The number of nitrogens with two attached hydrogens (primary N) is 1. The van der Waals surface area contributed by atoms with E-state index in [4.69, 9.17) is 10.2 Å². The Morgan fingerprint density at radius 1 is 1.59 bits per heavy atom. The van der Waals surface area contributed by atoms with Crippen LogP contribution in [0.1, 0.15) is 6.92 Å². The molecular formula is C11H15N3O2S. The van der Waals surface area contributed by atoms with E-state index in [1.807, 2.05) is 19.1 Å². The monoisotopic (exact) mass is 253 g/mol. The maximum absolute atomic E-state index is 11.2. The molecule has 0 spiro atoms. The molecule has 0 saturated heterocycles. The zero-order valence-electron chi connectivity index (χ0n) is 9.77. The van der Waals surface area contributed by atoms with E-state index in [0.717, 1.165) is 0 Å². The first kappa shape index (κ1) is 11.9. The predicted molar refractivity (Wildman–Crippen MR) is 70.4 cm³/mol. The summed E-state index contributed by atoms with van der Waals surface area (Å²) in [5, 5.41) is 3.06. The lowest BCUT2D eigenvalue weighted by molar-refractivity contribution is 0.613. The molecule has 6 heteroatoms. The van der Waals surface area contributed by atoms with Crippen LogP contribution in [0.2, 0.25) is 0 Å². The molecule has 1 heterocycles. The van der Waals surface area contributed by atoms with Crippen LogP contribution >= 0.6 is 0 Å². The van der Waals surface area contributed by atoms with Crippen LogP contribution in [0.25, 0.3) is 11.1 Å². The summed E-state index contributed by atoms with van der Waals surface area (Å²) in [6, 6.07) is 5.81. The van der Waals surface area contributed by atoms with E-state index in [9.17, 15) is 4.21 Å². The third-order valence-corrected chi connectivity index (χ3v) is 3.86. The van der Waals surface area contributed by atoms with E-state index < -0.39 is 10.8 Å². The molecular weight excluding hydrogens is 238 g/mol. The highest BCUT2D eigenvalue weighted by Gasteiger charge is 2.10. The van der Waals surface area contributed by atoms with Crippen molar-refractivity contribution in [1.82, 2.24) is 4.98 Å². The fourth-order valence-corrected chi connectivity index (χ4v) is 1.71. The molecule has 0 aliphatic rings. The van der Waals surface area contributed by atoms with E-state index in [-0.39, 0.29) is 5.25 Å². The molecule has 0 aliphatic heterocycles. The molecule has 1 aromatic heterocycles. The van der Waals surface area contributed by atoms with Crippen molar-refractivity contribution >= 4 is 33.6 Å². The van der Waals surface area contributed by atoms with Crippen molar-refractivity contribution < 1.29 is 8.63 Å². The van der Waals surface area contributed by atoms with Gasteiger partial charge in [0.05, 0.1) is 5.69 Å². The molecule has 3 N–H and O–H groups in total. The van der Waals surface area contributed by atoms with E-state index in [1.165, 1.54) is 0 Å². The molecule has 92 valence electrons. The van der Waals surface area contributed by atoms with Crippen LogP contribution in [0.5, 0.6) is 0 Å². The van der Waals surface area contributed by atoms with Crippen molar-refractivity contribution in [2.24, 2.45) is 0 Å². The van der Waals surface area contributed by atoms with E-state index in [2.05, 4.69) is 10.3 Å². The Balaban J connectivity index is 2.15. The Labute approximate surface area is 102 Å². The Bertz CT molecular complexity index is 553. The first-order valence-corrected chi connectivity index (χ1v) is 6.91. The number of hydrogen-bond acceptors (Lipinski definition) is 5. The smallest absolute Gasteiger partial charge is 0.295 e. The van der Waals surface area contributed by atoms with E-state index in [1.54, 1.807) is 12.3 Å². The number of nitrogen functional groups attached to an aromatic ring is 1. The highest BCUT2D eigenvalue weighted by atomic mass is 32.2.